The molecule has 2 aromatic carbocycles. The number of carbonyl (C=O) groups excluding carboxylic acids is 2. The van der Waals surface area contributed by atoms with Crippen LogP contribution in [0.3, 0.4) is 0 Å². The number of hydrogen-bond donors (Lipinski definition) is 1. The summed E-state index contributed by atoms with van der Waals surface area (Å²) in [5.41, 5.74) is 1.44. The van der Waals surface area contributed by atoms with Crippen LogP contribution in [0.2, 0.25) is 0 Å². The topological polar surface area (TPSA) is 67.9 Å². The van der Waals surface area contributed by atoms with Crippen molar-refractivity contribution in [2.24, 2.45) is 0 Å². The molecule has 3 rings (SSSR count). The first-order valence-electron chi connectivity index (χ1n) is 8.73. The van der Waals surface area contributed by atoms with E-state index in [1.54, 1.807) is 41.3 Å². The molecule has 0 fully saturated rings. The fraction of sp³-hybridized carbons (Fsp3) is 0.300. The third kappa shape index (κ3) is 3.64. The fourth-order valence-corrected chi connectivity index (χ4v) is 2.87. The Morgan fingerprint density at radius 1 is 1.23 bits per heavy atom. The lowest BCUT2D eigenvalue weighted by atomic mass is 10.1. The smallest absolute Gasteiger partial charge is 0.259 e. The standard InChI is InChI=1S/C20H22N2O4/c1-3-22-11-12-26-18-10-9-14(13-16(18)20(22)24)21-19(23)15-7-5-6-8-17(15)25-4-2/h5-10,13H,3-4,11-12H2,1-2H3,(H,21,23). The summed E-state index contributed by atoms with van der Waals surface area (Å²) in [6.07, 6.45) is 0. The number of ether oxygens (including phenoxy) is 2. The van der Waals surface area contributed by atoms with Gasteiger partial charge in [-0.1, -0.05) is 12.1 Å². The van der Waals surface area contributed by atoms with Crippen LogP contribution in [0.4, 0.5) is 5.69 Å². The number of fused-ring (bicyclic) bond motifs is 1. The van der Waals surface area contributed by atoms with Crippen molar-refractivity contribution in [1.29, 1.82) is 0 Å². The van der Waals surface area contributed by atoms with Gasteiger partial charge in [0.15, 0.2) is 0 Å². The van der Waals surface area contributed by atoms with Gasteiger partial charge in [0.2, 0.25) is 0 Å². The summed E-state index contributed by atoms with van der Waals surface area (Å²) >= 11 is 0. The number of amides is 2. The van der Waals surface area contributed by atoms with Crippen molar-refractivity contribution in [1.82, 2.24) is 4.90 Å². The highest BCUT2D eigenvalue weighted by Gasteiger charge is 2.23. The molecule has 1 heterocycles. The summed E-state index contributed by atoms with van der Waals surface area (Å²) in [4.78, 5) is 27.0. The predicted octanol–water partition coefficient (Wildman–Crippen LogP) is 3.19. The molecule has 0 aliphatic carbocycles. The van der Waals surface area contributed by atoms with E-state index < -0.39 is 0 Å². The first kappa shape index (κ1) is 17.8. The van der Waals surface area contributed by atoms with E-state index in [1.165, 1.54) is 0 Å². The minimum atomic E-state index is -0.289. The zero-order valence-electron chi connectivity index (χ0n) is 15.0. The number of carbonyl (C=O) groups is 2. The van der Waals surface area contributed by atoms with Crippen LogP contribution in [0.15, 0.2) is 42.5 Å². The van der Waals surface area contributed by atoms with Crippen molar-refractivity contribution in [3.05, 3.63) is 53.6 Å². The van der Waals surface area contributed by atoms with Crippen LogP contribution in [0.25, 0.3) is 0 Å². The first-order chi connectivity index (χ1) is 12.6. The molecule has 0 saturated carbocycles. The fourth-order valence-electron chi connectivity index (χ4n) is 2.87. The van der Waals surface area contributed by atoms with E-state index in [9.17, 15) is 9.59 Å². The largest absolute Gasteiger partial charge is 0.493 e. The van der Waals surface area contributed by atoms with E-state index in [4.69, 9.17) is 9.47 Å². The molecule has 1 aliphatic rings. The molecule has 0 atom stereocenters. The summed E-state index contributed by atoms with van der Waals surface area (Å²) in [5, 5.41) is 2.84. The Kier molecular flexibility index (Phi) is 5.41. The van der Waals surface area contributed by atoms with Crippen LogP contribution in [-0.4, -0.2) is 43.0 Å². The molecule has 6 nitrogen and oxygen atoms in total. The minimum absolute atomic E-state index is 0.0918. The van der Waals surface area contributed by atoms with E-state index in [0.717, 1.165) is 0 Å². The van der Waals surface area contributed by atoms with E-state index in [1.807, 2.05) is 19.9 Å². The summed E-state index contributed by atoms with van der Waals surface area (Å²) < 4.78 is 11.2. The molecule has 0 saturated heterocycles. The lowest BCUT2D eigenvalue weighted by Gasteiger charge is -2.17. The van der Waals surface area contributed by atoms with E-state index >= 15 is 0 Å². The van der Waals surface area contributed by atoms with E-state index in [0.29, 0.717) is 54.6 Å². The molecule has 0 radical (unpaired) electrons. The van der Waals surface area contributed by atoms with Gasteiger partial charge in [-0.3, -0.25) is 9.59 Å². The first-order valence-corrected chi connectivity index (χ1v) is 8.73. The monoisotopic (exact) mass is 354 g/mol. The van der Waals surface area contributed by atoms with Crippen LogP contribution < -0.4 is 14.8 Å². The zero-order valence-corrected chi connectivity index (χ0v) is 15.0. The number of nitrogens with one attached hydrogen (secondary N) is 1. The van der Waals surface area contributed by atoms with Gasteiger partial charge in [0.25, 0.3) is 11.8 Å². The van der Waals surface area contributed by atoms with Gasteiger partial charge < -0.3 is 19.7 Å². The zero-order chi connectivity index (χ0) is 18.5. The van der Waals surface area contributed by atoms with Crippen LogP contribution in [-0.2, 0) is 0 Å². The Morgan fingerprint density at radius 3 is 2.81 bits per heavy atom. The molecule has 136 valence electrons. The maximum Gasteiger partial charge on any atom is 0.259 e. The Bertz CT molecular complexity index is 819. The molecule has 1 N–H and O–H groups in total. The van der Waals surface area contributed by atoms with Gasteiger partial charge in [-0.05, 0) is 44.2 Å². The summed E-state index contributed by atoms with van der Waals surface area (Å²) in [6.45, 7) is 5.89. The van der Waals surface area contributed by atoms with Gasteiger partial charge in [-0.2, -0.15) is 0 Å². The van der Waals surface area contributed by atoms with Crippen molar-refractivity contribution in [3.63, 3.8) is 0 Å². The van der Waals surface area contributed by atoms with Crippen molar-refractivity contribution < 1.29 is 19.1 Å². The highest BCUT2D eigenvalue weighted by atomic mass is 16.5. The Labute approximate surface area is 152 Å². The maximum absolute atomic E-state index is 12.6. The highest BCUT2D eigenvalue weighted by Crippen LogP contribution is 2.27. The average molecular weight is 354 g/mol. The van der Waals surface area contributed by atoms with Gasteiger partial charge in [0.05, 0.1) is 24.3 Å². The SMILES string of the molecule is CCOc1ccccc1C(=O)Nc1ccc2c(c1)C(=O)N(CC)CCO2. The maximum atomic E-state index is 12.6. The number of para-hydroxylation sites is 1. The molecule has 26 heavy (non-hydrogen) atoms. The molecule has 2 aromatic rings. The molecule has 0 spiro atoms. The summed E-state index contributed by atoms with van der Waals surface area (Å²) in [6, 6.07) is 12.2. The van der Waals surface area contributed by atoms with Gasteiger partial charge in [-0.25, -0.2) is 0 Å². The second-order valence-electron chi connectivity index (χ2n) is 5.83. The van der Waals surface area contributed by atoms with Crippen molar-refractivity contribution in [3.8, 4) is 11.5 Å². The number of rotatable bonds is 5. The normalized spacial score (nSPS) is 13.5. The van der Waals surface area contributed by atoms with Crippen molar-refractivity contribution in [2.45, 2.75) is 13.8 Å². The molecule has 6 heteroatoms. The third-order valence-electron chi connectivity index (χ3n) is 4.19. The Morgan fingerprint density at radius 2 is 2.04 bits per heavy atom. The minimum Gasteiger partial charge on any atom is -0.493 e. The second-order valence-corrected chi connectivity index (χ2v) is 5.83. The molecule has 2 amide bonds. The molecule has 0 aromatic heterocycles. The van der Waals surface area contributed by atoms with Crippen molar-refractivity contribution in [2.75, 3.05) is 31.6 Å². The average Bonchev–Trinajstić information content (AvgIpc) is 2.81. The molecule has 0 unspecified atom stereocenters. The number of hydrogen-bond acceptors (Lipinski definition) is 4. The lowest BCUT2D eigenvalue weighted by Crippen LogP contribution is -2.32. The van der Waals surface area contributed by atoms with Crippen LogP contribution in [0.1, 0.15) is 34.6 Å². The summed E-state index contributed by atoms with van der Waals surface area (Å²) in [7, 11) is 0. The van der Waals surface area contributed by atoms with Crippen LogP contribution >= 0.6 is 0 Å². The Balaban J connectivity index is 1.85. The Hall–Kier alpha value is -3.02. The molecular formula is C20H22N2O4. The van der Waals surface area contributed by atoms with E-state index in [2.05, 4.69) is 5.32 Å². The molecular weight excluding hydrogens is 332 g/mol. The quantitative estimate of drug-likeness (QED) is 0.895. The molecule has 1 aliphatic heterocycles. The third-order valence-corrected chi connectivity index (χ3v) is 4.19. The highest BCUT2D eigenvalue weighted by molar-refractivity contribution is 6.07. The second kappa shape index (κ2) is 7.91. The summed E-state index contributed by atoms with van der Waals surface area (Å²) in [5.74, 6) is 0.687. The van der Waals surface area contributed by atoms with Crippen molar-refractivity contribution >= 4 is 17.5 Å². The number of benzene rings is 2. The van der Waals surface area contributed by atoms with Crippen LogP contribution in [0.5, 0.6) is 11.5 Å². The van der Waals surface area contributed by atoms with Gasteiger partial charge in [-0.15, -0.1) is 0 Å². The number of likely N-dealkylation sites (N-methyl/N-ethyl adjacent to an activating group) is 1. The predicted molar refractivity (Wildman–Crippen MR) is 99.1 cm³/mol. The van der Waals surface area contributed by atoms with Gasteiger partial charge >= 0.3 is 0 Å². The van der Waals surface area contributed by atoms with Gasteiger partial charge in [0.1, 0.15) is 18.1 Å². The van der Waals surface area contributed by atoms with E-state index in [-0.39, 0.29) is 11.8 Å². The molecule has 0 bridgehead atoms. The number of nitrogens with zero attached hydrogens (tertiary/aromatic N) is 1. The number of anilines is 1. The van der Waals surface area contributed by atoms with Crippen LogP contribution in [0, 0.1) is 0 Å². The van der Waals surface area contributed by atoms with Gasteiger partial charge in [0, 0.05) is 12.2 Å². The lowest BCUT2D eigenvalue weighted by molar-refractivity contribution is 0.0764.